The van der Waals surface area contributed by atoms with E-state index in [0.29, 0.717) is 23.7 Å². The van der Waals surface area contributed by atoms with E-state index in [1.807, 2.05) is 19.1 Å². The van der Waals surface area contributed by atoms with Crippen LogP contribution in [-0.2, 0) is 4.79 Å². The van der Waals surface area contributed by atoms with Gasteiger partial charge in [-0.25, -0.2) is 0 Å². The summed E-state index contributed by atoms with van der Waals surface area (Å²) in [4.78, 5) is 13.4. The van der Waals surface area contributed by atoms with E-state index in [2.05, 4.69) is 6.58 Å². The van der Waals surface area contributed by atoms with Gasteiger partial charge in [-0.2, -0.15) is 0 Å². The molecule has 2 N–H and O–H groups in total. The molecule has 4 nitrogen and oxygen atoms in total. The van der Waals surface area contributed by atoms with Gasteiger partial charge in [-0.05, 0) is 19.1 Å². The Morgan fingerprint density at radius 3 is 3.06 bits per heavy atom. The first-order valence-electron chi connectivity index (χ1n) is 5.05. The van der Waals surface area contributed by atoms with Crippen LogP contribution in [-0.4, -0.2) is 19.1 Å². The van der Waals surface area contributed by atoms with Gasteiger partial charge in [0.05, 0.1) is 5.69 Å². The molecule has 0 aliphatic carbocycles. The minimum atomic E-state index is -0.0894. The lowest BCUT2D eigenvalue weighted by Crippen LogP contribution is -2.40. The third-order valence-corrected chi connectivity index (χ3v) is 2.38. The molecule has 0 atom stereocenters. The fraction of sp³-hybridized carbons (Fsp3) is 0.250. The Kier molecular flexibility index (Phi) is 2.56. The first-order chi connectivity index (χ1) is 7.59. The number of fused-ring (bicyclic) bond motifs is 1. The van der Waals surface area contributed by atoms with Gasteiger partial charge < -0.3 is 15.4 Å². The van der Waals surface area contributed by atoms with E-state index in [-0.39, 0.29) is 12.5 Å². The Labute approximate surface area is 94.3 Å². The van der Waals surface area contributed by atoms with Crippen LogP contribution in [0.25, 0.3) is 0 Å². The van der Waals surface area contributed by atoms with Gasteiger partial charge in [-0.1, -0.05) is 18.2 Å². The smallest absolute Gasteiger partial charge is 0.265 e. The number of carbonyl (C=O) groups excluding carboxylic acids is 1. The zero-order valence-electron chi connectivity index (χ0n) is 9.19. The first-order valence-corrected chi connectivity index (χ1v) is 5.05. The van der Waals surface area contributed by atoms with Crippen LogP contribution in [0.15, 0.2) is 30.4 Å². The zero-order chi connectivity index (χ0) is 11.7. The molecule has 1 aromatic rings. The Balaban J connectivity index is 2.46. The molecule has 0 saturated carbocycles. The zero-order valence-corrected chi connectivity index (χ0v) is 9.19. The van der Waals surface area contributed by atoms with Crippen LogP contribution in [0.3, 0.4) is 0 Å². The molecule has 84 valence electrons. The maximum atomic E-state index is 11.7. The molecule has 16 heavy (non-hydrogen) atoms. The maximum absolute atomic E-state index is 11.7. The molecule has 0 unspecified atom stereocenters. The summed E-state index contributed by atoms with van der Waals surface area (Å²) in [6.07, 6.45) is 0. The summed E-state index contributed by atoms with van der Waals surface area (Å²) in [6, 6.07) is 5.37. The molecule has 0 fully saturated rings. The molecule has 1 heterocycles. The van der Waals surface area contributed by atoms with Crippen molar-refractivity contribution in [3.63, 3.8) is 0 Å². The Bertz CT molecular complexity index is 454. The summed E-state index contributed by atoms with van der Waals surface area (Å²) in [5.74, 6) is 0.564. The highest BCUT2D eigenvalue weighted by molar-refractivity contribution is 6.01. The number of rotatable bonds is 2. The molecular formula is C12H14N2O2. The van der Waals surface area contributed by atoms with Crippen molar-refractivity contribution in [2.75, 3.05) is 23.8 Å². The third-order valence-electron chi connectivity index (χ3n) is 2.38. The Hall–Kier alpha value is -1.97. The molecule has 1 aliphatic rings. The van der Waals surface area contributed by atoms with Crippen molar-refractivity contribution in [3.8, 4) is 5.75 Å². The van der Waals surface area contributed by atoms with E-state index >= 15 is 0 Å². The summed E-state index contributed by atoms with van der Waals surface area (Å²) in [6.45, 7) is 6.22. The van der Waals surface area contributed by atoms with Crippen LogP contribution >= 0.6 is 0 Å². The molecule has 0 radical (unpaired) electrons. The van der Waals surface area contributed by atoms with Crippen LogP contribution in [0.2, 0.25) is 0 Å². The van der Waals surface area contributed by atoms with Crippen molar-refractivity contribution in [3.05, 3.63) is 30.4 Å². The second kappa shape index (κ2) is 3.89. The lowest BCUT2D eigenvalue weighted by Gasteiger charge is -2.30. The van der Waals surface area contributed by atoms with Crippen LogP contribution in [0.5, 0.6) is 5.75 Å². The van der Waals surface area contributed by atoms with E-state index in [9.17, 15) is 4.79 Å². The van der Waals surface area contributed by atoms with Crippen LogP contribution in [0.1, 0.15) is 6.92 Å². The second-order valence-corrected chi connectivity index (χ2v) is 3.92. The predicted molar refractivity (Wildman–Crippen MR) is 63.5 cm³/mol. The fourth-order valence-electron chi connectivity index (χ4n) is 1.72. The molecule has 1 aliphatic heterocycles. The lowest BCUT2D eigenvalue weighted by atomic mass is 10.2. The number of carbonyl (C=O) groups is 1. The first kappa shape index (κ1) is 10.5. The van der Waals surface area contributed by atoms with Gasteiger partial charge in [-0.15, -0.1) is 0 Å². The number of anilines is 2. The number of para-hydroxylation sites is 1. The number of ether oxygens (including phenoxy) is 1. The number of nitrogen functional groups attached to an aromatic ring is 1. The molecule has 0 spiro atoms. The molecule has 1 aromatic carbocycles. The molecule has 0 saturated heterocycles. The number of nitrogens with zero attached hydrogens (tertiary/aromatic N) is 1. The highest BCUT2D eigenvalue weighted by Crippen LogP contribution is 2.37. The number of hydrogen-bond acceptors (Lipinski definition) is 3. The Morgan fingerprint density at radius 1 is 1.62 bits per heavy atom. The molecule has 2 rings (SSSR count). The summed E-state index contributed by atoms with van der Waals surface area (Å²) in [5.41, 5.74) is 7.98. The number of hydrogen-bond donors (Lipinski definition) is 1. The topological polar surface area (TPSA) is 55.6 Å². The normalized spacial score (nSPS) is 14.3. The average molecular weight is 218 g/mol. The minimum Gasteiger partial charge on any atom is -0.481 e. The van der Waals surface area contributed by atoms with Crippen molar-refractivity contribution in [1.82, 2.24) is 0 Å². The van der Waals surface area contributed by atoms with E-state index in [4.69, 9.17) is 10.5 Å². The van der Waals surface area contributed by atoms with Crippen LogP contribution < -0.4 is 15.4 Å². The van der Waals surface area contributed by atoms with Crippen LogP contribution in [0.4, 0.5) is 11.4 Å². The third kappa shape index (κ3) is 1.74. The summed E-state index contributed by atoms with van der Waals surface area (Å²) < 4.78 is 5.33. The van der Waals surface area contributed by atoms with E-state index in [1.54, 1.807) is 11.0 Å². The van der Waals surface area contributed by atoms with Gasteiger partial charge in [0, 0.05) is 6.54 Å². The fourth-order valence-corrected chi connectivity index (χ4v) is 1.72. The van der Waals surface area contributed by atoms with Crippen LogP contribution in [0, 0.1) is 0 Å². The highest BCUT2D eigenvalue weighted by Gasteiger charge is 2.26. The second-order valence-electron chi connectivity index (χ2n) is 3.92. The lowest BCUT2D eigenvalue weighted by molar-refractivity contribution is -0.121. The summed E-state index contributed by atoms with van der Waals surface area (Å²) in [7, 11) is 0. The Morgan fingerprint density at radius 2 is 2.38 bits per heavy atom. The monoisotopic (exact) mass is 218 g/mol. The van der Waals surface area contributed by atoms with Crippen molar-refractivity contribution in [2.45, 2.75) is 6.92 Å². The molecule has 1 amide bonds. The van der Waals surface area contributed by atoms with Gasteiger partial charge in [0.2, 0.25) is 0 Å². The van der Waals surface area contributed by atoms with Gasteiger partial charge in [0.1, 0.15) is 11.4 Å². The standard InChI is InChI=1S/C12H14N2O2/c1-8(2)6-14-11(15)7-16-10-5-3-4-9(13)12(10)14/h3-5H,1,6-7,13H2,2H3. The molecular weight excluding hydrogens is 204 g/mol. The van der Waals surface area contributed by atoms with Crippen molar-refractivity contribution in [1.29, 1.82) is 0 Å². The van der Waals surface area contributed by atoms with Gasteiger partial charge >= 0.3 is 0 Å². The summed E-state index contributed by atoms with van der Waals surface area (Å²) >= 11 is 0. The predicted octanol–water partition coefficient (Wildman–Crippen LogP) is 1.57. The maximum Gasteiger partial charge on any atom is 0.265 e. The van der Waals surface area contributed by atoms with Crippen molar-refractivity contribution in [2.24, 2.45) is 0 Å². The average Bonchev–Trinajstić information content (AvgIpc) is 2.22. The van der Waals surface area contributed by atoms with Gasteiger partial charge in [0.25, 0.3) is 5.91 Å². The highest BCUT2D eigenvalue weighted by atomic mass is 16.5. The van der Waals surface area contributed by atoms with E-state index in [1.165, 1.54) is 0 Å². The van der Waals surface area contributed by atoms with Gasteiger partial charge in [0.15, 0.2) is 6.61 Å². The molecule has 4 heteroatoms. The quantitative estimate of drug-likeness (QED) is 0.605. The van der Waals surface area contributed by atoms with Crippen molar-refractivity contribution >= 4 is 17.3 Å². The largest absolute Gasteiger partial charge is 0.481 e. The number of benzene rings is 1. The summed E-state index contributed by atoms with van der Waals surface area (Å²) in [5, 5.41) is 0. The number of nitrogens with two attached hydrogens (primary N) is 1. The minimum absolute atomic E-state index is 0.0593. The number of amides is 1. The van der Waals surface area contributed by atoms with E-state index < -0.39 is 0 Å². The van der Waals surface area contributed by atoms with Crippen molar-refractivity contribution < 1.29 is 9.53 Å². The molecule has 0 aromatic heterocycles. The molecule has 0 bridgehead atoms. The van der Waals surface area contributed by atoms with E-state index in [0.717, 1.165) is 5.57 Å². The van der Waals surface area contributed by atoms with Gasteiger partial charge in [-0.3, -0.25) is 4.79 Å². The SMILES string of the molecule is C=C(C)CN1C(=O)COc2cccc(N)c21.